The Balaban J connectivity index is 1.89. The maximum Gasteiger partial charge on any atom is 0.307 e. The van der Waals surface area contributed by atoms with Crippen molar-refractivity contribution in [1.29, 1.82) is 0 Å². The Kier molecular flexibility index (Phi) is 19.7. The number of aromatic hydroxyl groups is 1. The van der Waals surface area contributed by atoms with Crippen LogP contribution in [0.1, 0.15) is 56.9 Å². The maximum atomic E-state index is 13.6. The molecule has 0 spiro atoms. The molecule has 0 saturated carbocycles. The van der Waals surface area contributed by atoms with E-state index in [0.717, 1.165) is 6.08 Å². The predicted molar refractivity (Wildman–Crippen MR) is 222 cm³/mol. The topological polar surface area (TPSA) is 203 Å². The largest absolute Gasteiger partial charge is 0.507 e. The van der Waals surface area contributed by atoms with Gasteiger partial charge in [-0.05, 0) is 50.0 Å². The number of carbonyl (C=O) groups excluding carboxylic acids is 7. The molecule has 0 aromatic heterocycles. The number of phenols is 1. The first kappa shape index (κ1) is 47.6. The summed E-state index contributed by atoms with van der Waals surface area (Å²) in [6.45, 7) is 15.2. The number of hydrogen-bond donors (Lipinski definition) is 2. The number of ketones is 3. The molecule has 0 radical (unpaired) electrons. The third-order valence-electron chi connectivity index (χ3n) is 9.03. The van der Waals surface area contributed by atoms with Gasteiger partial charge in [-0.2, -0.15) is 0 Å². The SMILES string of the molecule is C=CCCOC(=O)CCN(CCC(=O)OCCC=C)C1=CC(=O)/C(=C2/C(=O)C(=O)C(c3ccc(N(CCC(=O)OCCC=C)CCC(=O)OCCC=C)cc3O)=C2O)C=C1. The molecule has 0 unspecified atom stereocenters. The van der Waals surface area contributed by atoms with E-state index >= 15 is 0 Å². The van der Waals surface area contributed by atoms with Gasteiger partial charge in [0.25, 0.3) is 0 Å². The van der Waals surface area contributed by atoms with Crippen LogP contribution < -0.4 is 4.90 Å². The number of anilines is 1. The van der Waals surface area contributed by atoms with Crippen LogP contribution in [0.4, 0.5) is 5.69 Å². The minimum atomic E-state index is -1.18. The average molecular weight is 829 g/mol. The molecule has 60 heavy (non-hydrogen) atoms. The fraction of sp³-hybridized carbons (Fsp3) is 0.356. The summed E-state index contributed by atoms with van der Waals surface area (Å²) in [6, 6.07) is 4.03. The summed E-state index contributed by atoms with van der Waals surface area (Å²) < 4.78 is 20.7. The van der Waals surface area contributed by atoms with Crippen molar-refractivity contribution < 1.29 is 62.7 Å². The van der Waals surface area contributed by atoms with Crippen LogP contribution in [0.3, 0.4) is 0 Å². The Bertz CT molecular complexity index is 1910. The van der Waals surface area contributed by atoms with E-state index in [9.17, 15) is 43.8 Å². The van der Waals surface area contributed by atoms with Crippen molar-refractivity contribution >= 4 is 52.5 Å². The molecule has 2 aliphatic rings. The van der Waals surface area contributed by atoms with Crippen molar-refractivity contribution in [1.82, 2.24) is 4.90 Å². The van der Waals surface area contributed by atoms with Crippen LogP contribution in [-0.2, 0) is 52.5 Å². The summed E-state index contributed by atoms with van der Waals surface area (Å²) in [7, 11) is 0. The van der Waals surface area contributed by atoms with E-state index in [4.69, 9.17) is 18.9 Å². The molecule has 15 heteroatoms. The number of rotatable bonds is 27. The molecule has 1 aromatic carbocycles. The van der Waals surface area contributed by atoms with Crippen LogP contribution in [-0.4, -0.2) is 109 Å². The Morgan fingerprint density at radius 1 is 0.583 bits per heavy atom. The van der Waals surface area contributed by atoms with Gasteiger partial charge < -0.3 is 39.0 Å². The first-order valence-electron chi connectivity index (χ1n) is 19.5. The van der Waals surface area contributed by atoms with Crippen molar-refractivity contribution in [3.63, 3.8) is 0 Å². The van der Waals surface area contributed by atoms with Crippen molar-refractivity contribution in [3.05, 3.63) is 115 Å². The van der Waals surface area contributed by atoms with Crippen LogP contribution in [0.5, 0.6) is 5.75 Å². The number of aliphatic hydroxyl groups is 1. The minimum absolute atomic E-state index is 0.0568. The molecule has 3 rings (SSSR count). The summed E-state index contributed by atoms with van der Waals surface area (Å²) in [5.41, 5.74) is -0.962. The highest BCUT2D eigenvalue weighted by molar-refractivity contribution is 6.63. The Morgan fingerprint density at radius 2 is 1.00 bits per heavy atom. The third-order valence-corrected chi connectivity index (χ3v) is 9.03. The Hall–Kier alpha value is -6.77. The van der Waals surface area contributed by atoms with E-state index in [1.165, 1.54) is 30.4 Å². The Labute approximate surface area is 349 Å². The summed E-state index contributed by atoms with van der Waals surface area (Å²) in [6.07, 6.45) is 11.8. The first-order valence-corrected chi connectivity index (χ1v) is 19.5. The number of esters is 4. The zero-order chi connectivity index (χ0) is 44.0. The molecule has 0 bridgehead atoms. The number of phenolic OH excluding ortho intramolecular Hbond substituents is 1. The summed E-state index contributed by atoms with van der Waals surface area (Å²) in [5.74, 6) is -6.43. The normalized spacial score (nSPS) is 14.6. The lowest BCUT2D eigenvalue weighted by Gasteiger charge is -2.26. The van der Waals surface area contributed by atoms with Crippen molar-refractivity contribution in [3.8, 4) is 5.75 Å². The number of Topliss-reactive ketones (excluding diaryl/α,β-unsaturated/α-hetero) is 2. The summed E-state index contributed by atoms with van der Waals surface area (Å²) >= 11 is 0. The van der Waals surface area contributed by atoms with Gasteiger partial charge >= 0.3 is 23.9 Å². The van der Waals surface area contributed by atoms with Gasteiger partial charge in [0.15, 0.2) is 5.78 Å². The molecule has 1 aromatic rings. The van der Waals surface area contributed by atoms with E-state index < -0.39 is 63.9 Å². The molecule has 0 amide bonds. The number of ether oxygens (including phenoxy) is 4. The van der Waals surface area contributed by atoms with Crippen LogP contribution in [0.15, 0.2) is 110 Å². The van der Waals surface area contributed by atoms with Crippen LogP contribution in [0, 0.1) is 0 Å². The maximum absolute atomic E-state index is 13.6. The molecule has 0 saturated heterocycles. The standard InChI is InChI=1S/C45H52N2O13/c1-5-9-25-57-37(50)17-21-46(22-18-38(51)58-26-10-6-2)31-13-15-33(35(48)29-31)41-43(54)42(45(56)44(41)55)34-16-14-32(30-36(34)49)47(23-19-39(52)59-27-11-7-3)24-20-40(53)60-28-12-8-4/h5-8,13-16,29-30,48,54H,1-4,9-12,17-28H2/b42-34+. The quantitative estimate of drug-likeness (QED) is 0.0289. The van der Waals surface area contributed by atoms with Crippen molar-refractivity contribution in [2.45, 2.75) is 51.4 Å². The highest BCUT2D eigenvalue weighted by Crippen LogP contribution is 2.39. The lowest BCUT2D eigenvalue weighted by molar-refractivity contribution is -0.145. The van der Waals surface area contributed by atoms with Crippen molar-refractivity contribution in [2.75, 3.05) is 57.5 Å². The zero-order valence-electron chi connectivity index (χ0n) is 33.7. The summed E-state index contributed by atoms with van der Waals surface area (Å²) in [4.78, 5) is 93.0. The van der Waals surface area contributed by atoms with E-state index in [2.05, 4.69) is 26.3 Å². The molecule has 2 aliphatic carbocycles. The second-order valence-electron chi connectivity index (χ2n) is 13.3. The van der Waals surface area contributed by atoms with Gasteiger partial charge in [-0.3, -0.25) is 33.6 Å². The number of nitrogens with zero attached hydrogens (tertiary/aromatic N) is 2. The smallest absolute Gasteiger partial charge is 0.307 e. The molecule has 2 N–H and O–H groups in total. The molecule has 320 valence electrons. The van der Waals surface area contributed by atoms with Gasteiger partial charge in [0.2, 0.25) is 11.6 Å². The van der Waals surface area contributed by atoms with Gasteiger partial charge in [-0.1, -0.05) is 24.3 Å². The highest BCUT2D eigenvalue weighted by atomic mass is 16.5. The molecular formula is C45H52N2O13. The lowest BCUT2D eigenvalue weighted by atomic mass is 9.96. The molecule has 0 atom stereocenters. The van der Waals surface area contributed by atoms with Gasteiger partial charge in [-0.25, -0.2) is 0 Å². The van der Waals surface area contributed by atoms with Gasteiger partial charge in [-0.15, -0.1) is 26.3 Å². The van der Waals surface area contributed by atoms with Gasteiger partial charge in [0, 0.05) is 60.8 Å². The van der Waals surface area contributed by atoms with Crippen LogP contribution >= 0.6 is 0 Å². The highest BCUT2D eigenvalue weighted by Gasteiger charge is 2.41. The van der Waals surface area contributed by atoms with Crippen LogP contribution in [0.25, 0.3) is 5.57 Å². The number of allylic oxidation sites excluding steroid dienone is 6. The third kappa shape index (κ3) is 14.3. The number of aliphatic hydroxyl groups excluding tert-OH is 1. The zero-order valence-corrected chi connectivity index (χ0v) is 33.7. The van der Waals surface area contributed by atoms with E-state index in [1.807, 2.05) is 0 Å². The van der Waals surface area contributed by atoms with Crippen molar-refractivity contribution in [2.24, 2.45) is 0 Å². The molecule has 0 aliphatic heterocycles. The lowest BCUT2D eigenvalue weighted by Crippen LogP contribution is -2.30. The number of hydrogen-bond acceptors (Lipinski definition) is 15. The number of benzene rings is 1. The minimum Gasteiger partial charge on any atom is -0.507 e. The second kappa shape index (κ2) is 24.9. The fourth-order valence-electron chi connectivity index (χ4n) is 5.87. The summed E-state index contributed by atoms with van der Waals surface area (Å²) in [5, 5.41) is 22.5. The monoisotopic (exact) mass is 828 g/mol. The van der Waals surface area contributed by atoms with Crippen LogP contribution in [0.2, 0.25) is 0 Å². The second-order valence-corrected chi connectivity index (χ2v) is 13.3. The molecule has 15 nitrogen and oxygen atoms in total. The van der Waals surface area contributed by atoms with Gasteiger partial charge in [0.1, 0.15) is 11.5 Å². The van der Waals surface area contributed by atoms with E-state index in [0.29, 0.717) is 31.4 Å². The first-order chi connectivity index (χ1) is 28.9. The van der Waals surface area contributed by atoms with E-state index in [-0.39, 0.29) is 95.1 Å². The van der Waals surface area contributed by atoms with E-state index in [1.54, 1.807) is 34.1 Å². The fourth-order valence-corrected chi connectivity index (χ4v) is 5.87. The molecule has 0 fully saturated rings. The predicted octanol–water partition coefficient (Wildman–Crippen LogP) is 5.28. The van der Waals surface area contributed by atoms with Gasteiger partial charge in [0.05, 0.1) is 63.3 Å². The molecular weight excluding hydrogens is 776 g/mol. The average Bonchev–Trinajstić information content (AvgIpc) is 3.44. The number of carbonyl (C=O) groups is 7. The molecule has 0 heterocycles. The Morgan fingerprint density at radius 3 is 1.40 bits per heavy atom.